The van der Waals surface area contributed by atoms with E-state index in [4.69, 9.17) is 0 Å². The van der Waals surface area contributed by atoms with E-state index < -0.39 is 6.10 Å². The molecular formula is C12H9Br3OS. The van der Waals surface area contributed by atoms with Crippen molar-refractivity contribution >= 4 is 59.1 Å². The summed E-state index contributed by atoms with van der Waals surface area (Å²) in [7, 11) is 0. The van der Waals surface area contributed by atoms with E-state index in [1.165, 1.54) is 0 Å². The Kier molecular flexibility index (Phi) is 4.47. The van der Waals surface area contributed by atoms with Crippen LogP contribution < -0.4 is 0 Å². The van der Waals surface area contributed by atoms with Gasteiger partial charge >= 0.3 is 0 Å². The SMILES string of the molecule is Cc1sc(Br)cc1C(O)c1cc(Br)cc(Br)c1. The Labute approximate surface area is 129 Å². The number of aliphatic hydroxyl groups is 1. The van der Waals surface area contributed by atoms with Crippen molar-refractivity contribution in [2.75, 3.05) is 0 Å². The van der Waals surface area contributed by atoms with Gasteiger partial charge in [-0.3, -0.25) is 0 Å². The van der Waals surface area contributed by atoms with Crippen LogP contribution >= 0.6 is 59.1 Å². The summed E-state index contributed by atoms with van der Waals surface area (Å²) >= 11 is 11.9. The lowest BCUT2D eigenvalue weighted by atomic mass is 10.0. The summed E-state index contributed by atoms with van der Waals surface area (Å²) in [6.07, 6.45) is -0.591. The molecule has 1 unspecified atom stereocenters. The standard InChI is InChI=1S/C12H9Br3OS/c1-6-10(5-11(15)17-6)12(16)7-2-8(13)4-9(14)3-7/h2-5,12,16H,1H3. The van der Waals surface area contributed by atoms with Crippen LogP contribution in [0.15, 0.2) is 37.0 Å². The molecule has 1 N–H and O–H groups in total. The quantitative estimate of drug-likeness (QED) is 0.660. The van der Waals surface area contributed by atoms with Crippen molar-refractivity contribution in [2.24, 2.45) is 0 Å². The predicted molar refractivity (Wildman–Crippen MR) is 82.7 cm³/mol. The van der Waals surface area contributed by atoms with E-state index in [-0.39, 0.29) is 0 Å². The van der Waals surface area contributed by atoms with Gasteiger partial charge in [0, 0.05) is 13.8 Å². The van der Waals surface area contributed by atoms with Gasteiger partial charge in [0.2, 0.25) is 0 Å². The van der Waals surface area contributed by atoms with Crippen molar-refractivity contribution in [1.29, 1.82) is 0 Å². The first-order chi connectivity index (χ1) is 7.97. The summed E-state index contributed by atoms with van der Waals surface area (Å²) in [5.74, 6) is 0. The Hall–Kier alpha value is 0.320. The van der Waals surface area contributed by atoms with Crippen LogP contribution in [0.2, 0.25) is 0 Å². The third-order valence-corrected chi connectivity index (χ3v) is 4.91. The number of aryl methyl sites for hydroxylation is 1. The average molecular weight is 441 g/mol. The number of aliphatic hydroxyl groups excluding tert-OH is 1. The zero-order chi connectivity index (χ0) is 12.6. The summed E-state index contributed by atoms with van der Waals surface area (Å²) in [6, 6.07) is 7.78. The molecule has 90 valence electrons. The summed E-state index contributed by atoms with van der Waals surface area (Å²) < 4.78 is 2.94. The highest BCUT2D eigenvalue weighted by molar-refractivity contribution is 9.11. The molecule has 1 aromatic carbocycles. The molecule has 0 saturated carbocycles. The van der Waals surface area contributed by atoms with E-state index in [0.717, 1.165) is 28.7 Å². The molecular weight excluding hydrogens is 432 g/mol. The van der Waals surface area contributed by atoms with Crippen LogP contribution in [0.4, 0.5) is 0 Å². The summed E-state index contributed by atoms with van der Waals surface area (Å²) in [5.41, 5.74) is 1.83. The van der Waals surface area contributed by atoms with Gasteiger partial charge in [0.15, 0.2) is 0 Å². The monoisotopic (exact) mass is 438 g/mol. The van der Waals surface area contributed by atoms with Crippen LogP contribution in [-0.2, 0) is 0 Å². The predicted octanol–water partition coefficient (Wildman–Crippen LogP) is 5.43. The lowest BCUT2D eigenvalue weighted by molar-refractivity contribution is 0.220. The molecule has 0 aliphatic heterocycles. The Bertz CT molecular complexity index is 530. The lowest BCUT2D eigenvalue weighted by Crippen LogP contribution is -1.99. The summed E-state index contributed by atoms with van der Waals surface area (Å²) in [6.45, 7) is 2.01. The van der Waals surface area contributed by atoms with Crippen LogP contribution in [0.1, 0.15) is 22.1 Å². The van der Waals surface area contributed by atoms with Gasteiger partial charge in [0.1, 0.15) is 6.10 Å². The highest BCUT2D eigenvalue weighted by Crippen LogP contribution is 2.35. The molecule has 1 atom stereocenters. The van der Waals surface area contributed by atoms with Gasteiger partial charge in [0.25, 0.3) is 0 Å². The van der Waals surface area contributed by atoms with Crippen LogP contribution in [0, 0.1) is 6.92 Å². The first kappa shape index (κ1) is 13.7. The number of hydrogen-bond donors (Lipinski definition) is 1. The maximum Gasteiger partial charge on any atom is 0.105 e. The fourth-order valence-electron chi connectivity index (χ4n) is 1.64. The normalized spacial score (nSPS) is 12.8. The number of benzene rings is 1. The van der Waals surface area contributed by atoms with Crippen LogP contribution in [0.25, 0.3) is 0 Å². The average Bonchev–Trinajstić information content (AvgIpc) is 2.55. The Morgan fingerprint density at radius 3 is 2.12 bits per heavy atom. The number of thiophene rings is 1. The van der Waals surface area contributed by atoms with Gasteiger partial charge in [-0.05, 0) is 58.2 Å². The molecule has 0 bridgehead atoms. The first-order valence-corrected chi connectivity index (χ1v) is 8.07. The van der Waals surface area contributed by atoms with E-state index in [2.05, 4.69) is 47.8 Å². The molecule has 0 fully saturated rings. The third kappa shape index (κ3) is 3.20. The highest BCUT2D eigenvalue weighted by Gasteiger charge is 2.16. The van der Waals surface area contributed by atoms with Gasteiger partial charge < -0.3 is 5.11 Å². The fraction of sp³-hybridized carbons (Fsp3) is 0.167. The number of rotatable bonds is 2. The van der Waals surface area contributed by atoms with Gasteiger partial charge in [-0.25, -0.2) is 0 Å². The highest BCUT2D eigenvalue weighted by atomic mass is 79.9. The zero-order valence-corrected chi connectivity index (χ0v) is 14.5. The Morgan fingerprint density at radius 2 is 1.65 bits per heavy atom. The molecule has 0 radical (unpaired) electrons. The van der Waals surface area contributed by atoms with Gasteiger partial charge in [0.05, 0.1) is 3.79 Å². The molecule has 0 amide bonds. The van der Waals surface area contributed by atoms with E-state index >= 15 is 0 Å². The van der Waals surface area contributed by atoms with E-state index in [1.54, 1.807) is 11.3 Å². The number of hydrogen-bond acceptors (Lipinski definition) is 2. The van der Waals surface area contributed by atoms with E-state index in [1.807, 2.05) is 31.2 Å². The van der Waals surface area contributed by atoms with Crippen molar-refractivity contribution in [3.05, 3.63) is 53.0 Å². The van der Waals surface area contributed by atoms with Gasteiger partial charge in [-0.1, -0.05) is 31.9 Å². The van der Waals surface area contributed by atoms with Crippen molar-refractivity contribution < 1.29 is 5.11 Å². The van der Waals surface area contributed by atoms with Crippen molar-refractivity contribution in [3.63, 3.8) is 0 Å². The second kappa shape index (κ2) is 5.53. The third-order valence-electron chi connectivity index (χ3n) is 2.42. The molecule has 2 aromatic rings. The molecule has 1 aromatic heterocycles. The summed E-state index contributed by atoms with van der Waals surface area (Å²) in [4.78, 5) is 1.13. The van der Waals surface area contributed by atoms with Crippen LogP contribution in [0.3, 0.4) is 0 Å². The fourth-order valence-corrected chi connectivity index (χ4v) is 4.71. The molecule has 1 heterocycles. The minimum absolute atomic E-state index is 0.591. The molecule has 0 aliphatic rings. The Balaban J connectivity index is 2.43. The summed E-state index contributed by atoms with van der Waals surface area (Å²) in [5, 5.41) is 10.4. The van der Waals surface area contributed by atoms with E-state index in [0.29, 0.717) is 0 Å². The molecule has 1 nitrogen and oxygen atoms in total. The minimum Gasteiger partial charge on any atom is -0.384 e. The van der Waals surface area contributed by atoms with Crippen molar-refractivity contribution in [1.82, 2.24) is 0 Å². The molecule has 0 saturated heterocycles. The smallest absolute Gasteiger partial charge is 0.105 e. The Morgan fingerprint density at radius 1 is 1.06 bits per heavy atom. The maximum atomic E-state index is 10.4. The second-order valence-corrected chi connectivity index (χ2v) is 8.13. The first-order valence-electron chi connectivity index (χ1n) is 4.87. The van der Waals surface area contributed by atoms with Crippen molar-refractivity contribution in [2.45, 2.75) is 13.0 Å². The maximum absolute atomic E-state index is 10.4. The van der Waals surface area contributed by atoms with Crippen molar-refractivity contribution in [3.8, 4) is 0 Å². The molecule has 0 aliphatic carbocycles. The second-order valence-electron chi connectivity index (χ2n) is 3.67. The largest absolute Gasteiger partial charge is 0.384 e. The molecule has 17 heavy (non-hydrogen) atoms. The molecule has 5 heteroatoms. The topological polar surface area (TPSA) is 20.2 Å². The molecule has 2 rings (SSSR count). The van der Waals surface area contributed by atoms with Gasteiger partial charge in [-0.2, -0.15) is 0 Å². The minimum atomic E-state index is -0.591. The van der Waals surface area contributed by atoms with Gasteiger partial charge in [-0.15, -0.1) is 11.3 Å². The zero-order valence-electron chi connectivity index (χ0n) is 8.88. The molecule has 0 spiro atoms. The van der Waals surface area contributed by atoms with E-state index in [9.17, 15) is 5.11 Å². The van der Waals surface area contributed by atoms with Crippen LogP contribution in [0.5, 0.6) is 0 Å². The lowest BCUT2D eigenvalue weighted by Gasteiger charge is -2.12. The number of halogens is 3. The van der Waals surface area contributed by atoms with Crippen LogP contribution in [-0.4, -0.2) is 5.11 Å².